The van der Waals surface area contributed by atoms with Crippen LogP contribution in [0.3, 0.4) is 0 Å². The van der Waals surface area contributed by atoms with Crippen molar-refractivity contribution in [3.8, 4) is 10.6 Å². The maximum Gasteiger partial charge on any atom is 0.220 e. The maximum absolute atomic E-state index is 11.3. The van der Waals surface area contributed by atoms with Gasteiger partial charge in [-0.3, -0.25) is 4.79 Å². The summed E-state index contributed by atoms with van der Waals surface area (Å²) in [6, 6.07) is 8.11. The fourth-order valence-electron chi connectivity index (χ4n) is 1.68. The van der Waals surface area contributed by atoms with Crippen LogP contribution in [-0.2, 0) is 11.2 Å². The van der Waals surface area contributed by atoms with E-state index in [2.05, 4.69) is 22.4 Å². The van der Waals surface area contributed by atoms with Crippen LogP contribution in [0.4, 0.5) is 0 Å². The van der Waals surface area contributed by atoms with Crippen LogP contribution in [0.2, 0.25) is 0 Å². The first-order chi connectivity index (χ1) is 8.31. The number of nitrogens with zero attached hydrogens (tertiary/aromatic N) is 1. The smallest absolute Gasteiger partial charge is 0.220 e. The second-order valence-corrected chi connectivity index (χ2v) is 4.56. The second kappa shape index (κ2) is 5.59. The standard InChI is InChI=1S/C13H14N2OS/c1-14-12(16)7-6-10-4-2-3-5-11(10)13-15-8-9-17-13/h2-5,8-9H,6-7H2,1H3,(H,14,16). The van der Waals surface area contributed by atoms with Gasteiger partial charge < -0.3 is 5.32 Å². The largest absolute Gasteiger partial charge is 0.359 e. The number of nitrogens with one attached hydrogen (secondary N) is 1. The predicted molar refractivity (Wildman–Crippen MR) is 69.9 cm³/mol. The third-order valence-electron chi connectivity index (χ3n) is 2.58. The van der Waals surface area contributed by atoms with E-state index in [9.17, 15) is 4.79 Å². The molecule has 0 aliphatic carbocycles. The van der Waals surface area contributed by atoms with E-state index in [0.29, 0.717) is 6.42 Å². The van der Waals surface area contributed by atoms with Crippen molar-refractivity contribution in [1.82, 2.24) is 10.3 Å². The first-order valence-electron chi connectivity index (χ1n) is 5.49. The Bertz CT molecular complexity index is 494. The molecule has 0 spiro atoms. The van der Waals surface area contributed by atoms with E-state index < -0.39 is 0 Å². The van der Waals surface area contributed by atoms with Gasteiger partial charge >= 0.3 is 0 Å². The van der Waals surface area contributed by atoms with Gasteiger partial charge in [-0.1, -0.05) is 24.3 Å². The molecule has 1 aromatic carbocycles. The molecule has 0 unspecified atom stereocenters. The highest BCUT2D eigenvalue weighted by molar-refractivity contribution is 7.13. The first-order valence-corrected chi connectivity index (χ1v) is 6.37. The first kappa shape index (κ1) is 11.8. The van der Waals surface area contributed by atoms with E-state index in [1.165, 1.54) is 5.56 Å². The summed E-state index contributed by atoms with van der Waals surface area (Å²) in [7, 11) is 1.66. The van der Waals surface area contributed by atoms with Crippen LogP contribution in [0.5, 0.6) is 0 Å². The number of carbonyl (C=O) groups excluding carboxylic acids is 1. The molecule has 88 valence electrons. The molecule has 2 rings (SSSR count). The fraction of sp³-hybridized carbons (Fsp3) is 0.231. The Labute approximate surface area is 105 Å². The molecule has 1 amide bonds. The zero-order chi connectivity index (χ0) is 12.1. The van der Waals surface area contributed by atoms with Crippen LogP contribution >= 0.6 is 11.3 Å². The van der Waals surface area contributed by atoms with Gasteiger partial charge in [0.05, 0.1) is 0 Å². The van der Waals surface area contributed by atoms with Crippen molar-refractivity contribution < 1.29 is 4.79 Å². The van der Waals surface area contributed by atoms with E-state index in [1.54, 1.807) is 24.6 Å². The molecule has 3 nitrogen and oxygen atoms in total. The lowest BCUT2D eigenvalue weighted by Gasteiger charge is -2.06. The average Bonchev–Trinajstić information content (AvgIpc) is 2.90. The van der Waals surface area contributed by atoms with Gasteiger partial charge in [0, 0.05) is 30.6 Å². The number of amides is 1. The Morgan fingerprint density at radius 2 is 2.24 bits per heavy atom. The molecule has 0 aliphatic rings. The number of thiazole rings is 1. The van der Waals surface area contributed by atoms with Crippen molar-refractivity contribution >= 4 is 17.2 Å². The highest BCUT2D eigenvalue weighted by atomic mass is 32.1. The minimum atomic E-state index is 0.0685. The molecule has 0 atom stereocenters. The Balaban J connectivity index is 2.20. The predicted octanol–water partition coefficient (Wildman–Crippen LogP) is 2.49. The van der Waals surface area contributed by atoms with Gasteiger partial charge in [0.25, 0.3) is 0 Å². The maximum atomic E-state index is 11.3. The van der Waals surface area contributed by atoms with Gasteiger partial charge in [0.1, 0.15) is 5.01 Å². The molecular formula is C13H14N2OS. The Morgan fingerprint density at radius 3 is 2.94 bits per heavy atom. The number of hydrogen-bond donors (Lipinski definition) is 1. The van der Waals surface area contributed by atoms with E-state index in [1.807, 2.05) is 17.5 Å². The summed E-state index contributed by atoms with van der Waals surface area (Å²) in [5.41, 5.74) is 2.30. The molecule has 4 heteroatoms. The van der Waals surface area contributed by atoms with E-state index >= 15 is 0 Å². The van der Waals surface area contributed by atoms with E-state index in [0.717, 1.165) is 17.0 Å². The SMILES string of the molecule is CNC(=O)CCc1ccccc1-c1nccs1. The number of benzene rings is 1. The van der Waals surface area contributed by atoms with Gasteiger partial charge in [-0.05, 0) is 12.0 Å². The highest BCUT2D eigenvalue weighted by Gasteiger charge is 2.08. The topological polar surface area (TPSA) is 42.0 Å². The van der Waals surface area contributed by atoms with Gasteiger partial charge in [-0.2, -0.15) is 0 Å². The zero-order valence-corrected chi connectivity index (χ0v) is 10.5. The van der Waals surface area contributed by atoms with Crippen molar-refractivity contribution in [3.05, 3.63) is 41.4 Å². The number of aromatic nitrogens is 1. The minimum absolute atomic E-state index is 0.0685. The minimum Gasteiger partial charge on any atom is -0.359 e. The molecule has 1 heterocycles. The Kier molecular flexibility index (Phi) is 3.88. The quantitative estimate of drug-likeness (QED) is 0.900. The van der Waals surface area contributed by atoms with Crippen LogP contribution in [0.1, 0.15) is 12.0 Å². The molecule has 0 bridgehead atoms. The fourth-order valence-corrected chi connectivity index (χ4v) is 2.38. The normalized spacial score (nSPS) is 10.2. The van der Waals surface area contributed by atoms with Crippen LogP contribution in [0.15, 0.2) is 35.8 Å². The molecule has 0 aliphatic heterocycles. The zero-order valence-electron chi connectivity index (χ0n) is 9.64. The summed E-state index contributed by atoms with van der Waals surface area (Å²) in [5.74, 6) is 0.0685. The van der Waals surface area contributed by atoms with E-state index in [-0.39, 0.29) is 5.91 Å². The monoisotopic (exact) mass is 246 g/mol. The number of hydrogen-bond acceptors (Lipinski definition) is 3. The summed E-state index contributed by atoms with van der Waals surface area (Å²) < 4.78 is 0. The average molecular weight is 246 g/mol. The van der Waals surface area contributed by atoms with Gasteiger partial charge in [-0.15, -0.1) is 11.3 Å². The third kappa shape index (κ3) is 2.91. The van der Waals surface area contributed by atoms with Crippen LogP contribution < -0.4 is 5.32 Å². The van der Waals surface area contributed by atoms with Crippen LogP contribution in [0, 0.1) is 0 Å². The summed E-state index contributed by atoms with van der Waals surface area (Å²) >= 11 is 1.62. The molecule has 0 saturated heterocycles. The second-order valence-electron chi connectivity index (χ2n) is 3.67. The van der Waals surface area contributed by atoms with Crippen molar-refractivity contribution in [2.24, 2.45) is 0 Å². The van der Waals surface area contributed by atoms with Crippen molar-refractivity contribution in [2.75, 3.05) is 7.05 Å². The highest BCUT2D eigenvalue weighted by Crippen LogP contribution is 2.26. The van der Waals surface area contributed by atoms with Crippen LogP contribution in [0.25, 0.3) is 10.6 Å². The summed E-state index contributed by atoms with van der Waals surface area (Å²) in [4.78, 5) is 15.6. The Morgan fingerprint density at radius 1 is 1.41 bits per heavy atom. The number of carbonyl (C=O) groups is 1. The summed E-state index contributed by atoms with van der Waals surface area (Å²) in [6.07, 6.45) is 3.06. The molecular weight excluding hydrogens is 232 g/mol. The van der Waals surface area contributed by atoms with Gasteiger partial charge in [0.2, 0.25) is 5.91 Å². The molecule has 17 heavy (non-hydrogen) atoms. The summed E-state index contributed by atoms with van der Waals surface area (Å²) in [6.45, 7) is 0. The number of rotatable bonds is 4. The van der Waals surface area contributed by atoms with Gasteiger partial charge in [-0.25, -0.2) is 4.98 Å². The lowest BCUT2D eigenvalue weighted by molar-refractivity contribution is -0.120. The molecule has 1 N–H and O–H groups in total. The third-order valence-corrected chi connectivity index (χ3v) is 3.39. The lowest BCUT2D eigenvalue weighted by atomic mass is 10.0. The summed E-state index contributed by atoms with van der Waals surface area (Å²) in [5, 5.41) is 5.61. The number of aryl methyl sites for hydroxylation is 1. The Hall–Kier alpha value is -1.68. The molecule has 1 aromatic heterocycles. The van der Waals surface area contributed by atoms with Crippen molar-refractivity contribution in [1.29, 1.82) is 0 Å². The van der Waals surface area contributed by atoms with Crippen LogP contribution in [-0.4, -0.2) is 17.9 Å². The molecule has 0 fully saturated rings. The lowest BCUT2D eigenvalue weighted by Crippen LogP contribution is -2.18. The molecule has 0 radical (unpaired) electrons. The van der Waals surface area contributed by atoms with Gasteiger partial charge in [0.15, 0.2) is 0 Å². The molecule has 2 aromatic rings. The van der Waals surface area contributed by atoms with Crippen molar-refractivity contribution in [2.45, 2.75) is 12.8 Å². The van der Waals surface area contributed by atoms with E-state index in [4.69, 9.17) is 0 Å². The molecule has 0 saturated carbocycles. The van der Waals surface area contributed by atoms with Crippen molar-refractivity contribution in [3.63, 3.8) is 0 Å².